The molecule has 1 aliphatic carbocycles. The maximum absolute atomic E-state index is 11.7. The van der Waals surface area contributed by atoms with Crippen LogP contribution in [0.25, 0.3) is 0 Å². The fraction of sp³-hybridized carbons (Fsp3) is 0.909. The monoisotopic (exact) mass is 214 g/mol. The average molecular weight is 214 g/mol. The van der Waals surface area contributed by atoms with Gasteiger partial charge in [-0.3, -0.25) is 4.79 Å². The van der Waals surface area contributed by atoms with Crippen LogP contribution < -0.4 is 11.1 Å². The summed E-state index contributed by atoms with van der Waals surface area (Å²) in [5, 5.41) is 2.87. The van der Waals surface area contributed by atoms with E-state index in [1.54, 1.807) is 0 Å². The van der Waals surface area contributed by atoms with Gasteiger partial charge in [0.1, 0.15) is 0 Å². The normalized spacial score (nSPS) is 25.9. The number of carbonyl (C=O) groups is 1. The Morgan fingerprint density at radius 2 is 2.27 bits per heavy atom. The number of nitrogens with two attached hydrogens (primary N) is 1. The van der Waals surface area contributed by atoms with Crippen LogP contribution in [0.3, 0.4) is 0 Å². The van der Waals surface area contributed by atoms with Crippen LogP contribution in [-0.2, 0) is 9.53 Å². The largest absolute Gasteiger partial charge is 0.377 e. The van der Waals surface area contributed by atoms with Gasteiger partial charge in [0.25, 0.3) is 0 Å². The summed E-state index contributed by atoms with van der Waals surface area (Å²) in [5.74, 6) is 0.108. The highest BCUT2D eigenvalue weighted by Crippen LogP contribution is 2.23. The van der Waals surface area contributed by atoms with E-state index in [2.05, 4.69) is 5.32 Å². The molecule has 0 aromatic rings. The van der Waals surface area contributed by atoms with Gasteiger partial charge in [0.05, 0.1) is 18.6 Å². The van der Waals surface area contributed by atoms with Crippen LogP contribution in [0.1, 0.15) is 33.1 Å². The SMILES string of the molecule is CC(C)OCCNC(=O)C1CCCC1N. The molecule has 1 rings (SSSR count). The Labute approximate surface area is 91.5 Å². The molecule has 0 aliphatic heterocycles. The lowest BCUT2D eigenvalue weighted by Gasteiger charge is -2.15. The lowest BCUT2D eigenvalue weighted by Crippen LogP contribution is -2.39. The van der Waals surface area contributed by atoms with Crippen LogP contribution in [-0.4, -0.2) is 31.2 Å². The molecule has 0 aromatic heterocycles. The molecule has 1 amide bonds. The van der Waals surface area contributed by atoms with Crippen molar-refractivity contribution in [3.05, 3.63) is 0 Å². The number of rotatable bonds is 5. The minimum Gasteiger partial charge on any atom is -0.377 e. The predicted molar refractivity (Wildman–Crippen MR) is 59.4 cm³/mol. The molecule has 1 saturated carbocycles. The Bertz CT molecular complexity index is 207. The highest BCUT2D eigenvalue weighted by Gasteiger charge is 2.29. The molecule has 2 unspecified atom stereocenters. The van der Waals surface area contributed by atoms with Crippen LogP contribution >= 0.6 is 0 Å². The summed E-state index contributed by atoms with van der Waals surface area (Å²) in [5.41, 5.74) is 5.84. The molecule has 0 aromatic carbocycles. The van der Waals surface area contributed by atoms with Gasteiger partial charge >= 0.3 is 0 Å². The summed E-state index contributed by atoms with van der Waals surface area (Å²) < 4.78 is 5.34. The zero-order chi connectivity index (χ0) is 11.3. The van der Waals surface area contributed by atoms with Crippen molar-refractivity contribution in [1.29, 1.82) is 0 Å². The van der Waals surface area contributed by atoms with Gasteiger partial charge in [-0.05, 0) is 26.7 Å². The summed E-state index contributed by atoms with van der Waals surface area (Å²) in [6, 6.07) is 0.0519. The first kappa shape index (κ1) is 12.5. The summed E-state index contributed by atoms with van der Waals surface area (Å²) in [4.78, 5) is 11.7. The molecule has 0 bridgehead atoms. The van der Waals surface area contributed by atoms with Crippen LogP contribution in [0.15, 0.2) is 0 Å². The smallest absolute Gasteiger partial charge is 0.224 e. The van der Waals surface area contributed by atoms with Gasteiger partial charge in [-0.2, -0.15) is 0 Å². The van der Waals surface area contributed by atoms with Gasteiger partial charge in [-0.15, -0.1) is 0 Å². The molecule has 4 nitrogen and oxygen atoms in total. The van der Waals surface area contributed by atoms with E-state index in [0.29, 0.717) is 13.2 Å². The van der Waals surface area contributed by atoms with Crippen molar-refractivity contribution in [2.45, 2.75) is 45.3 Å². The van der Waals surface area contributed by atoms with E-state index in [1.165, 1.54) is 0 Å². The molecule has 3 N–H and O–H groups in total. The minimum absolute atomic E-state index is 0.0176. The quantitative estimate of drug-likeness (QED) is 0.661. The molecule has 0 radical (unpaired) electrons. The van der Waals surface area contributed by atoms with Crippen LogP contribution in [0.4, 0.5) is 0 Å². The van der Waals surface area contributed by atoms with Crippen LogP contribution in [0.2, 0.25) is 0 Å². The highest BCUT2D eigenvalue weighted by atomic mass is 16.5. The fourth-order valence-electron chi connectivity index (χ4n) is 1.91. The molecule has 1 fully saturated rings. The second kappa shape index (κ2) is 6.08. The zero-order valence-corrected chi connectivity index (χ0v) is 9.66. The van der Waals surface area contributed by atoms with Gasteiger partial charge in [-0.1, -0.05) is 6.42 Å². The highest BCUT2D eigenvalue weighted by molar-refractivity contribution is 5.79. The summed E-state index contributed by atoms with van der Waals surface area (Å²) in [6.07, 6.45) is 3.19. The minimum atomic E-state index is 0.0176. The molecule has 88 valence electrons. The molecule has 1 aliphatic rings. The Balaban J connectivity index is 2.13. The van der Waals surface area contributed by atoms with Crippen molar-refractivity contribution in [2.24, 2.45) is 11.7 Å². The number of nitrogens with one attached hydrogen (secondary N) is 1. The molecule has 15 heavy (non-hydrogen) atoms. The maximum Gasteiger partial charge on any atom is 0.224 e. The summed E-state index contributed by atoms with van der Waals surface area (Å²) >= 11 is 0. The van der Waals surface area contributed by atoms with Crippen molar-refractivity contribution < 1.29 is 9.53 Å². The number of carbonyl (C=O) groups excluding carboxylic acids is 1. The van der Waals surface area contributed by atoms with E-state index in [1.807, 2.05) is 13.8 Å². The Kier molecular flexibility index (Phi) is 5.05. The molecular weight excluding hydrogens is 192 g/mol. The van der Waals surface area contributed by atoms with E-state index >= 15 is 0 Å². The number of ether oxygens (including phenoxy) is 1. The van der Waals surface area contributed by atoms with E-state index < -0.39 is 0 Å². The zero-order valence-electron chi connectivity index (χ0n) is 9.66. The third-order valence-corrected chi connectivity index (χ3v) is 2.76. The van der Waals surface area contributed by atoms with Crippen molar-refractivity contribution in [2.75, 3.05) is 13.2 Å². The second-order valence-corrected chi connectivity index (χ2v) is 4.41. The van der Waals surface area contributed by atoms with Gasteiger partial charge in [-0.25, -0.2) is 0 Å². The van der Waals surface area contributed by atoms with Crippen LogP contribution in [0.5, 0.6) is 0 Å². The molecule has 4 heteroatoms. The van der Waals surface area contributed by atoms with Gasteiger partial charge in [0.2, 0.25) is 5.91 Å². The lowest BCUT2D eigenvalue weighted by molar-refractivity contribution is -0.125. The van der Waals surface area contributed by atoms with Gasteiger partial charge in [0, 0.05) is 12.6 Å². The third kappa shape index (κ3) is 4.18. The number of amides is 1. The summed E-state index contributed by atoms with van der Waals surface area (Å²) in [7, 11) is 0. The Hall–Kier alpha value is -0.610. The molecule has 0 saturated heterocycles. The second-order valence-electron chi connectivity index (χ2n) is 4.41. The van der Waals surface area contributed by atoms with Crippen molar-refractivity contribution in [3.63, 3.8) is 0 Å². The third-order valence-electron chi connectivity index (χ3n) is 2.76. The predicted octanol–water partition coefficient (Wildman–Crippen LogP) is 0.655. The number of hydrogen-bond donors (Lipinski definition) is 2. The number of hydrogen-bond acceptors (Lipinski definition) is 3. The van der Waals surface area contributed by atoms with E-state index in [9.17, 15) is 4.79 Å². The first-order chi connectivity index (χ1) is 7.11. The topological polar surface area (TPSA) is 64.3 Å². The fourth-order valence-corrected chi connectivity index (χ4v) is 1.91. The molecule has 0 heterocycles. The van der Waals surface area contributed by atoms with E-state index in [4.69, 9.17) is 10.5 Å². The van der Waals surface area contributed by atoms with Crippen molar-refractivity contribution in [3.8, 4) is 0 Å². The average Bonchev–Trinajstić information content (AvgIpc) is 2.58. The van der Waals surface area contributed by atoms with Gasteiger partial charge in [0.15, 0.2) is 0 Å². The molecule has 2 atom stereocenters. The lowest BCUT2D eigenvalue weighted by atomic mass is 10.0. The van der Waals surface area contributed by atoms with Gasteiger partial charge < -0.3 is 15.8 Å². The Morgan fingerprint density at radius 1 is 1.53 bits per heavy atom. The van der Waals surface area contributed by atoms with E-state index in [-0.39, 0.29) is 24.0 Å². The standard InChI is InChI=1S/C11H22N2O2/c1-8(2)15-7-6-13-11(14)9-4-3-5-10(9)12/h8-10H,3-7,12H2,1-2H3,(H,13,14). The Morgan fingerprint density at radius 3 is 2.80 bits per heavy atom. The van der Waals surface area contributed by atoms with Crippen molar-refractivity contribution in [1.82, 2.24) is 5.32 Å². The first-order valence-corrected chi connectivity index (χ1v) is 5.76. The summed E-state index contributed by atoms with van der Waals surface area (Å²) in [6.45, 7) is 5.12. The van der Waals surface area contributed by atoms with E-state index in [0.717, 1.165) is 19.3 Å². The van der Waals surface area contributed by atoms with Crippen LogP contribution in [0, 0.1) is 5.92 Å². The maximum atomic E-state index is 11.7. The first-order valence-electron chi connectivity index (χ1n) is 5.76. The van der Waals surface area contributed by atoms with Crippen molar-refractivity contribution >= 4 is 5.91 Å². The molecular formula is C11H22N2O2. The molecule has 0 spiro atoms.